The number of hydrogen-bond donors (Lipinski definition) is 2. The zero-order valence-corrected chi connectivity index (χ0v) is 10.0. The van der Waals surface area contributed by atoms with Gasteiger partial charge in [-0.2, -0.15) is 0 Å². The van der Waals surface area contributed by atoms with E-state index in [1.807, 2.05) is 13.8 Å². The van der Waals surface area contributed by atoms with E-state index in [0.29, 0.717) is 5.69 Å². The maximum absolute atomic E-state index is 11.7. The van der Waals surface area contributed by atoms with Crippen LogP contribution in [-0.2, 0) is 4.79 Å². The molecule has 0 saturated carbocycles. The van der Waals surface area contributed by atoms with Gasteiger partial charge in [0.1, 0.15) is 11.7 Å². The summed E-state index contributed by atoms with van der Waals surface area (Å²) >= 11 is 0. The van der Waals surface area contributed by atoms with Gasteiger partial charge in [-0.15, -0.1) is 5.10 Å². The summed E-state index contributed by atoms with van der Waals surface area (Å²) < 4.78 is 1.44. The third-order valence-corrected chi connectivity index (χ3v) is 2.16. The predicted molar refractivity (Wildman–Crippen MR) is 58.6 cm³/mol. The molecule has 90 valence electrons. The average Bonchev–Trinajstić information content (AvgIpc) is 2.64. The van der Waals surface area contributed by atoms with Gasteiger partial charge in [0.25, 0.3) is 0 Å². The van der Waals surface area contributed by atoms with E-state index in [0.717, 1.165) is 0 Å². The summed E-state index contributed by atoms with van der Waals surface area (Å²) in [6, 6.07) is -0.336. The fourth-order valence-electron chi connectivity index (χ4n) is 1.20. The highest BCUT2D eigenvalue weighted by Gasteiger charge is 2.18. The van der Waals surface area contributed by atoms with Crippen LogP contribution in [0.5, 0.6) is 0 Å². The maximum Gasteiger partial charge on any atom is 0.244 e. The zero-order chi connectivity index (χ0) is 12.3. The summed E-state index contributed by atoms with van der Waals surface area (Å²) in [4.78, 5) is 11.7. The molecule has 1 heterocycles. The molecule has 1 amide bonds. The molecule has 1 aromatic heterocycles. The SMILES string of the molecule is CC(C)NC(=O)C(C)n1cc(C(C)O)nn1. The van der Waals surface area contributed by atoms with Crippen LogP contribution in [0.4, 0.5) is 0 Å². The molecule has 0 saturated heterocycles. The Bertz CT molecular complexity index is 359. The minimum atomic E-state index is -0.672. The molecule has 0 spiro atoms. The smallest absolute Gasteiger partial charge is 0.244 e. The van der Waals surface area contributed by atoms with Crippen LogP contribution < -0.4 is 5.32 Å². The molecule has 0 aliphatic rings. The number of aliphatic hydroxyl groups excluding tert-OH is 1. The van der Waals surface area contributed by atoms with E-state index in [1.165, 1.54) is 4.68 Å². The summed E-state index contributed by atoms with van der Waals surface area (Å²) in [5, 5.41) is 19.7. The molecule has 16 heavy (non-hydrogen) atoms. The normalized spacial score (nSPS) is 14.9. The maximum atomic E-state index is 11.7. The molecule has 0 aliphatic heterocycles. The minimum absolute atomic E-state index is 0.0923. The number of nitrogens with one attached hydrogen (secondary N) is 1. The topological polar surface area (TPSA) is 80.0 Å². The fraction of sp³-hybridized carbons (Fsp3) is 0.700. The monoisotopic (exact) mass is 226 g/mol. The third kappa shape index (κ3) is 3.03. The Kier molecular flexibility index (Phi) is 4.00. The van der Waals surface area contributed by atoms with Gasteiger partial charge < -0.3 is 10.4 Å². The molecule has 0 bridgehead atoms. The average molecular weight is 226 g/mol. The van der Waals surface area contributed by atoms with E-state index in [9.17, 15) is 9.90 Å². The van der Waals surface area contributed by atoms with Gasteiger partial charge in [0, 0.05) is 6.04 Å². The number of carbonyl (C=O) groups is 1. The van der Waals surface area contributed by atoms with Crippen LogP contribution in [0.25, 0.3) is 0 Å². The molecular formula is C10H18N4O2. The Morgan fingerprint density at radius 2 is 2.06 bits per heavy atom. The standard InChI is InChI=1S/C10H18N4O2/c1-6(2)11-10(16)7(3)14-5-9(8(4)15)12-13-14/h5-8,15H,1-4H3,(H,11,16). The van der Waals surface area contributed by atoms with E-state index < -0.39 is 12.1 Å². The number of aromatic nitrogens is 3. The molecule has 6 heteroatoms. The lowest BCUT2D eigenvalue weighted by atomic mass is 10.2. The number of carbonyl (C=O) groups excluding carboxylic acids is 1. The van der Waals surface area contributed by atoms with Crippen molar-refractivity contribution in [1.29, 1.82) is 0 Å². The van der Waals surface area contributed by atoms with Crippen molar-refractivity contribution in [3.8, 4) is 0 Å². The van der Waals surface area contributed by atoms with E-state index in [4.69, 9.17) is 0 Å². The van der Waals surface area contributed by atoms with Gasteiger partial charge in [0.05, 0.1) is 12.3 Å². The van der Waals surface area contributed by atoms with Crippen molar-refractivity contribution in [2.75, 3.05) is 0 Å². The summed E-state index contributed by atoms with van der Waals surface area (Å²) in [5.41, 5.74) is 0.462. The van der Waals surface area contributed by atoms with Crippen LogP contribution in [0.1, 0.15) is 45.5 Å². The van der Waals surface area contributed by atoms with Gasteiger partial charge in [0.15, 0.2) is 0 Å². The summed E-state index contributed by atoms with van der Waals surface area (Å²) in [6.45, 7) is 7.13. The second-order valence-corrected chi connectivity index (χ2v) is 4.14. The Balaban J connectivity index is 2.72. The van der Waals surface area contributed by atoms with Crippen LogP contribution in [0, 0.1) is 0 Å². The van der Waals surface area contributed by atoms with Crippen molar-refractivity contribution < 1.29 is 9.90 Å². The molecular weight excluding hydrogens is 208 g/mol. The van der Waals surface area contributed by atoms with Crippen LogP contribution in [0.2, 0.25) is 0 Å². The first kappa shape index (κ1) is 12.6. The largest absolute Gasteiger partial charge is 0.387 e. The van der Waals surface area contributed by atoms with Crippen LogP contribution >= 0.6 is 0 Å². The van der Waals surface area contributed by atoms with Gasteiger partial charge >= 0.3 is 0 Å². The lowest BCUT2D eigenvalue weighted by Crippen LogP contribution is -2.35. The van der Waals surface area contributed by atoms with Crippen LogP contribution in [0.15, 0.2) is 6.20 Å². The molecule has 2 atom stereocenters. The highest BCUT2D eigenvalue weighted by atomic mass is 16.3. The fourth-order valence-corrected chi connectivity index (χ4v) is 1.20. The van der Waals surface area contributed by atoms with Crippen molar-refractivity contribution in [3.63, 3.8) is 0 Å². The molecule has 6 nitrogen and oxygen atoms in total. The number of hydrogen-bond acceptors (Lipinski definition) is 4. The number of nitrogens with zero attached hydrogens (tertiary/aromatic N) is 3. The van der Waals surface area contributed by atoms with Crippen molar-refractivity contribution in [2.24, 2.45) is 0 Å². The number of amides is 1. The second kappa shape index (κ2) is 5.07. The molecule has 0 fully saturated rings. The molecule has 1 rings (SSSR count). The summed E-state index contributed by atoms with van der Waals surface area (Å²) in [5.74, 6) is -0.114. The van der Waals surface area contributed by atoms with E-state index in [1.54, 1.807) is 20.0 Å². The van der Waals surface area contributed by atoms with Crippen molar-refractivity contribution >= 4 is 5.91 Å². The molecule has 2 unspecified atom stereocenters. The molecule has 0 radical (unpaired) electrons. The van der Waals surface area contributed by atoms with Crippen molar-refractivity contribution in [2.45, 2.75) is 45.9 Å². The first-order valence-electron chi connectivity index (χ1n) is 5.32. The van der Waals surface area contributed by atoms with Crippen LogP contribution in [-0.4, -0.2) is 32.0 Å². The van der Waals surface area contributed by atoms with Crippen molar-refractivity contribution in [3.05, 3.63) is 11.9 Å². The molecule has 0 aliphatic carbocycles. The Labute approximate surface area is 94.7 Å². The lowest BCUT2D eigenvalue weighted by molar-refractivity contribution is -0.124. The number of aliphatic hydroxyl groups is 1. The molecule has 2 N–H and O–H groups in total. The van der Waals surface area contributed by atoms with Gasteiger partial charge in [-0.3, -0.25) is 4.79 Å². The predicted octanol–water partition coefficient (Wildman–Crippen LogP) is 0.417. The molecule has 0 aromatic carbocycles. The Hall–Kier alpha value is -1.43. The molecule has 1 aromatic rings. The van der Waals surface area contributed by atoms with Gasteiger partial charge in [-0.1, -0.05) is 5.21 Å². The summed E-state index contributed by atoms with van der Waals surface area (Å²) in [6.07, 6.45) is 0.906. The highest BCUT2D eigenvalue weighted by Crippen LogP contribution is 2.10. The first-order chi connectivity index (χ1) is 7.41. The number of rotatable bonds is 4. The second-order valence-electron chi connectivity index (χ2n) is 4.14. The summed E-state index contributed by atoms with van der Waals surface area (Å²) in [7, 11) is 0. The van der Waals surface area contributed by atoms with E-state index >= 15 is 0 Å². The van der Waals surface area contributed by atoms with Crippen molar-refractivity contribution in [1.82, 2.24) is 20.3 Å². The minimum Gasteiger partial charge on any atom is -0.387 e. The van der Waals surface area contributed by atoms with Gasteiger partial charge in [-0.25, -0.2) is 4.68 Å². The van der Waals surface area contributed by atoms with E-state index in [-0.39, 0.29) is 11.9 Å². The quantitative estimate of drug-likeness (QED) is 0.779. The Morgan fingerprint density at radius 3 is 2.50 bits per heavy atom. The lowest BCUT2D eigenvalue weighted by Gasteiger charge is -2.14. The third-order valence-electron chi connectivity index (χ3n) is 2.16. The first-order valence-corrected chi connectivity index (χ1v) is 5.32. The van der Waals surface area contributed by atoms with Gasteiger partial charge in [-0.05, 0) is 27.7 Å². The highest BCUT2D eigenvalue weighted by molar-refractivity contribution is 5.79. The van der Waals surface area contributed by atoms with Gasteiger partial charge in [0.2, 0.25) is 5.91 Å². The van der Waals surface area contributed by atoms with E-state index in [2.05, 4.69) is 15.6 Å². The van der Waals surface area contributed by atoms with Crippen LogP contribution in [0.3, 0.4) is 0 Å². The zero-order valence-electron chi connectivity index (χ0n) is 10.0. The Morgan fingerprint density at radius 1 is 1.44 bits per heavy atom.